The first kappa shape index (κ1) is 24.1. The Morgan fingerprint density at radius 3 is 2.44 bits per heavy atom. The van der Waals surface area contributed by atoms with Crippen molar-refractivity contribution in [3.05, 3.63) is 81.3 Å². The van der Waals surface area contributed by atoms with Crippen LogP contribution in [0, 0.1) is 11.6 Å². The van der Waals surface area contributed by atoms with Crippen LogP contribution in [-0.2, 0) is 29.9 Å². The minimum Gasteiger partial charge on any atom is -0.496 e. The first-order valence-electron chi connectivity index (χ1n) is 10.8. The molecule has 0 saturated carbocycles. The van der Waals surface area contributed by atoms with Gasteiger partial charge in [-0.15, -0.1) is 0 Å². The molecule has 6 nitrogen and oxygen atoms in total. The van der Waals surface area contributed by atoms with E-state index in [0.717, 1.165) is 17.9 Å². The second-order valence-corrected chi connectivity index (χ2v) is 10.6. The van der Waals surface area contributed by atoms with Crippen LogP contribution < -0.4 is 10.3 Å². The van der Waals surface area contributed by atoms with E-state index in [-0.39, 0.29) is 16.5 Å². The predicted octanol–water partition coefficient (Wildman–Crippen LogP) is 3.86. The van der Waals surface area contributed by atoms with Gasteiger partial charge in [-0.05, 0) is 43.2 Å². The molecule has 0 radical (unpaired) electrons. The van der Waals surface area contributed by atoms with E-state index >= 15 is 0 Å². The Bertz CT molecular complexity index is 1430. The van der Waals surface area contributed by atoms with Crippen LogP contribution in [0.1, 0.15) is 29.7 Å². The summed E-state index contributed by atoms with van der Waals surface area (Å²) in [5.74, 6) is -0.783. The van der Waals surface area contributed by atoms with E-state index in [9.17, 15) is 22.0 Å². The van der Waals surface area contributed by atoms with Crippen molar-refractivity contribution in [2.45, 2.75) is 30.8 Å². The quantitative estimate of drug-likeness (QED) is 0.546. The Morgan fingerprint density at radius 1 is 1.06 bits per heavy atom. The van der Waals surface area contributed by atoms with E-state index in [4.69, 9.17) is 4.74 Å². The maximum atomic E-state index is 14.5. The van der Waals surface area contributed by atoms with Crippen LogP contribution in [0.4, 0.5) is 8.78 Å². The van der Waals surface area contributed by atoms with Crippen molar-refractivity contribution >= 4 is 9.84 Å². The molecule has 1 atom stereocenters. The van der Waals surface area contributed by atoms with E-state index in [1.807, 2.05) is 11.8 Å². The first-order chi connectivity index (χ1) is 16.0. The Balaban J connectivity index is 1.85. The highest BCUT2D eigenvalue weighted by Gasteiger charge is 2.29. The minimum absolute atomic E-state index is 0.128. The van der Waals surface area contributed by atoms with Crippen molar-refractivity contribution < 1.29 is 21.9 Å². The lowest BCUT2D eigenvalue weighted by atomic mass is 9.91. The maximum absolute atomic E-state index is 14.5. The molecule has 1 aliphatic rings. The summed E-state index contributed by atoms with van der Waals surface area (Å²) >= 11 is 0. The van der Waals surface area contributed by atoms with Crippen molar-refractivity contribution in [2.75, 3.05) is 19.9 Å². The zero-order valence-electron chi connectivity index (χ0n) is 19.4. The molecular weight excluding hydrogens is 462 g/mol. The maximum Gasteiger partial charge on any atom is 0.253 e. The zero-order chi connectivity index (χ0) is 24.8. The SMILES string of the molecule is COc1ccc(S(C)(=O)=O)cc1-c1cn(C)c(=O)c2c1CN(C(C)c1ccc(F)cc1F)CC2. The normalized spacial score (nSPS) is 15.1. The summed E-state index contributed by atoms with van der Waals surface area (Å²) in [4.78, 5) is 15.1. The summed E-state index contributed by atoms with van der Waals surface area (Å²) in [5, 5.41) is 0. The molecule has 3 aromatic rings. The molecule has 0 N–H and O–H groups in total. The number of pyridine rings is 1. The molecule has 0 fully saturated rings. The van der Waals surface area contributed by atoms with Crippen LogP contribution in [0.2, 0.25) is 0 Å². The van der Waals surface area contributed by atoms with Crippen LogP contribution in [0.3, 0.4) is 0 Å². The van der Waals surface area contributed by atoms with Crippen molar-refractivity contribution in [1.29, 1.82) is 0 Å². The molecule has 34 heavy (non-hydrogen) atoms. The van der Waals surface area contributed by atoms with E-state index < -0.39 is 21.5 Å². The lowest BCUT2D eigenvalue weighted by Crippen LogP contribution is -2.38. The number of fused-ring (bicyclic) bond motifs is 1. The number of methoxy groups -OCH3 is 1. The van der Waals surface area contributed by atoms with Crippen molar-refractivity contribution in [3.63, 3.8) is 0 Å². The van der Waals surface area contributed by atoms with Crippen molar-refractivity contribution in [3.8, 4) is 16.9 Å². The number of hydrogen-bond donors (Lipinski definition) is 0. The number of ether oxygens (including phenoxy) is 1. The zero-order valence-corrected chi connectivity index (χ0v) is 20.2. The second kappa shape index (κ2) is 8.96. The summed E-state index contributed by atoms with van der Waals surface area (Å²) in [6, 6.07) is 7.81. The Morgan fingerprint density at radius 2 is 1.79 bits per heavy atom. The summed E-state index contributed by atoms with van der Waals surface area (Å²) in [7, 11) is -0.319. The molecule has 0 bridgehead atoms. The van der Waals surface area contributed by atoms with Gasteiger partial charge in [0.2, 0.25) is 0 Å². The molecule has 2 aromatic carbocycles. The van der Waals surface area contributed by atoms with Crippen LogP contribution in [0.25, 0.3) is 11.1 Å². The average Bonchev–Trinajstić information content (AvgIpc) is 2.79. The minimum atomic E-state index is -3.47. The molecule has 0 aliphatic carbocycles. The van der Waals surface area contributed by atoms with Crippen LogP contribution in [0.5, 0.6) is 5.75 Å². The number of hydrogen-bond acceptors (Lipinski definition) is 5. The molecule has 180 valence electrons. The number of aromatic nitrogens is 1. The molecular formula is C25H26F2N2O4S. The smallest absolute Gasteiger partial charge is 0.253 e. The third kappa shape index (κ3) is 4.37. The lowest BCUT2D eigenvalue weighted by molar-refractivity contribution is 0.188. The van der Waals surface area contributed by atoms with Gasteiger partial charge < -0.3 is 9.30 Å². The van der Waals surface area contributed by atoms with E-state index in [2.05, 4.69) is 0 Å². The first-order valence-corrected chi connectivity index (χ1v) is 12.7. The fourth-order valence-corrected chi connectivity index (χ4v) is 5.19. The standard InChI is InChI=1S/C25H26F2N2O4S/c1-15(18-7-5-16(26)11-23(18)27)29-10-9-19-22(14-29)21(13-28(2)25(19)30)20-12-17(34(4,31)32)6-8-24(20)33-3/h5-8,11-13,15H,9-10,14H2,1-4H3. The van der Waals surface area contributed by atoms with Gasteiger partial charge in [0.15, 0.2) is 9.84 Å². The van der Waals surface area contributed by atoms with E-state index in [1.165, 1.54) is 29.9 Å². The number of aryl methyl sites for hydroxylation is 1. The number of rotatable bonds is 5. The van der Waals surface area contributed by atoms with Crippen molar-refractivity contribution in [2.24, 2.45) is 7.05 Å². The fourth-order valence-electron chi connectivity index (χ4n) is 4.54. The van der Waals surface area contributed by atoms with Gasteiger partial charge in [-0.1, -0.05) is 6.07 Å². The number of nitrogens with zero attached hydrogens (tertiary/aromatic N) is 2. The van der Waals surface area contributed by atoms with Crippen LogP contribution in [0.15, 0.2) is 52.3 Å². The topological polar surface area (TPSA) is 68.6 Å². The molecule has 2 heterocycles. The summed E-state index contributed by atoms with van der Waals surface area (Å²) in [5.41, 5.74) is 2.85. The predicted molar refractivity (Wildman–Crippen MR) is 126 cm³/mol. The summed E-state index contributed by atoms with van der Waals surface area (Å²) < 4.78 is 59.3. The Kier molecular flexibility index (Phi) is 6.35. The average molecular weight is 489 g/mol. The molecule has 0 spiro atoms. The highest BCUT2D eigenvalue weighted by Crippen LogP contribution is 2.38. The molecule has 9 heteroatoms. The van der Waals surface area contributed by atoms with Gasteiger partial charge in [-0.3, -0.25) is 9.69 Å². The number of sulfone groups is 1. The van der Waals surface area contributed by atoms with Gasteiger partial charge >= 0.3 is 0 Å². The van der Waals surface area contributed by atoms with Crippen LogP contribution >= 0.6 is 0 Å². The van der Waals surface area contributed by atoms with Crippen molar-refractivity contribution in [1.82, 2.24) is 9.47 Å². The number of benzene rings is 2. The Labute approximate surface area is 197 Å². The third-order valence-corrected chi connectivity index (χ3v) is 7.56. The molecule has 0 saturated heterocycles. The molecule has 4 rings (SSSR count). The summed E-state index contributed by atoms with van der Waals surface area (Å²) in [6.45, 7) is 2.70. The summed E-state index contributed by atoms with van der Waals surface area (Å²) in [6.07, 6.45) is 3.25. The second-order valence-electron chi connectivity index (χ2n) is 8.61. The molecule has 1 aliphatic heterocycles. The van der Waals surface area contributed by atoms with Gasteiger partial charge in [0.05, 0.1) is 12.0 Å². The van der Waals surface area contributed by atoms with Gasteiger partial charge in [0, 0.05) is 67.0 Å². The molecule has 1 aromatic heterocycles. The monoisotopic (exact) mass is 488 g/mol. The highest BCUT2D eigenvalue weighted by atomic mass is 32.2. The Hall–Kier alpha value is -3.04. The van der Waals surface area contributed by atoms with E-state index in [0.29, 0.717) is 47.5 Å². The molecule has 0 amide bonds. The molecule has 1 unspecified atom stereocenters. The fraction of sp³-hybridized carbons (Fsp3) is 0.320. The van der Waals surface area contributed by atoms with Gasteiger partial charge in [-0.2, -0.15) is 0 Å². The van der Waals surface area contributed by atoms with Gasteiger partial charge in [-0.25, -0.2) is 17.2 Å². The van der Waals surface area contributed by atoms with Crippen LogP contribution in [-0.4, -0.2) is 37.8 Å². The van der Waals surface area contributed by atoms with Gasteiger partial charge in [0.25, 0.3) is 5.56 Å². The van der Waals surface area contributed by atoms with Gasteiger partial charge in [0.1, 0.15) is 17.4 Å². The third-order valence-electron chi connectivity index (χ3n) is 6.45. The number of halogens is 2. The largest absolute Gasteiger partial charge is 0.496 e. The highest BCUT2D eigenvalue weighted by molar-refractivity contribution is 7.90. The van der Waals surface area contributed by atoms with E-state index in [1.54, 1.807) is 25.4 Å². The lowest BCUT2D eigenvalue weighted by Gasteiger charge is -2.35.